The van der Waals surface area contributed by atoms with Gasteiger partial charge in [0.2, 0.25) is 0 Å². The van der Waals surface area contributed by atoms with Gasteiger partial charge in [-0.05, 0) is 18.2 Å². The number of anilines is 1. The molecule has 0 radical (unpaired) electrons. The van der Waals surface area contributed by atoms with E-state index in [0.717, 1.165) is 5.82 Å². The molecule has 0 aliphatic heterocycles. The summed E-state index contributed by atoms with van der Waals surface area (Å²) >= 11 is 0. The van der Waals surface area contributed by atoms with Gasteiger partial charge in [0.05, 0.1) is 0 Å². The molecule has 1 heterocycles. The summed E-state index contributed by atoms with van der Waals surface area (Å²) in [5, 5.41) is 2.82. The lowest BCUT2D eigenvalue weighted by Gasteiger charge is -1.95. The van der Waals surface area contributed by atoms with Crippen molar-refractivity contribution in [2.24, 2.45) is 0 Å². The van der Waals surface area contributed by atoms with Crippen molar-refractivity contribution in [2.45, 2.75) is 0 Å². The van der Waals surface area contributed by atoms with Crippen LogP contribution >= 0.6 is 0 Å². The van der Waals surface area contributed by atoms with E-state index in [0.29, 0.717) is 6.29 Å². The molecule has 3 nitrogen and oxygen atoms in total. The molecule has 0 spiro atoms. The summed E-state index contributed by atoms with van der Waals surface area (Å²) in [4.78, 5) is 13.8. The molecule has 11 heavy (non-hydrogen) atoms. The lowest BCUT2D eigenvalue weighted by molar-refractivity contribution is -0.104. The van der Waals surface area contributed by atoms with E-state index in [1.54, 1.807) is 6.20 Å². The van der Waals surface area contributed by atoms with Crippen molar-refractivity contribution in [3.8, 4) is 0 Å². The minimum absolute atomic E-state index is 0.704. The van der Waals surface area contributed by atoms with Crippen LogP contribution in [0.1, 0.15) is 0 Å². The molecule has 0 aromatic carbocycles. The molecule has 0 saturated carbocycles. The molecule has 0 aliphatic carbocycles. The highest BCUT2D eigenvalue weighted by Gasteiger charge is 1.82. The van der Waals surface area contributed by atoms with Gasteiger partial charge in [-0.25, -0.2) is 4.98 Å². The van der Waals surface area contributed by atoms with Crippen LogP contribution in [-0.2, 0) is 4.79 Å². The predicted octanol–water partition coefficient (Wildman–Crippen LogP) is 1.21. The maximum Gasteiger partial charge on any atom is 0.144 e. The van der Waals surface area contributed by atoms with Crippen LogP contribution in [0.5, 0.6) is 0 Å². The van der Waals surface area contributed by atoms with Crippen LogP contribution in [0.25, 0.3) is 0 Å². The van der Waals surface area contributed by atoms with Crippen LogP contribution in [0.15, 0.2) is 36.7 Å². The molecule has 1 rings (SSSR count). The molecule has 0 bridgehead atoms. The SMILES string of the molecule is O=C/C=C/Nc1ccccn1. The standard InChI is InChI=1S/C8H8N2O/c11-7-3-6-10-8-4-1-2-5-9-8/h1-7H,(H,9,10)/b6-3+. The van der Waals surface area contributed by atoms with Gasteiger partial charge in [0.25, 0.3) is 0 Å². The molecule has 1 aromatic heterocycles. The van der Waals surface area contributed by atoms with Crippen molar-refractivity contribution in [1.29, 1.82) is 0 Å². The number of allylic oxidation sites excluding steroid dienone is 1. The van der Waals surface area contributed by atoms with E-state index in [1.807, 2.05) is 18.2 Å². The van der Waals surface area contributed by atoms with E-state index < -0.39 is 0 Å². The number of carbonyl (C=O) groups excluding carboxylic acids is 1. The van der Waals surface area contributed by atoms with Crippen molar-refractivity contribution >= 4 is 12.1 Å². The number of hydrogen-bond donors (Lipinski definition) is 1. The number of nitrogens with one attached hydrogen (secondary N) is 1. The molecule has 56 valence electrons. The van der Waals surface area contributed by atoms with Gasteiger partial charge in [-0.3, -0.25) is 4.79 Å². The van der Waals surface area contributed by atoms with Gasteiger partial charge in [-0.2, -0.15) is 0 Å². The van der Waals surface area contributed by atoms with Gasteiger partial charge in [0.15, 0.2) is 0 Å². The molecule has 0 unspecified atom stereocenters. The number of rotatable bonds is 3. The Morgan fingerprint density at radius 2 is 2.36 bits per heavy atom. The lowest BCUT2D eigenvalue weighted by atomic mass is 10.5. The average Bonchev–Trinajstić information content (AvgIpc) is 2.07. The smallest absolute Gasteiger partial charge is 0.144 e. The zero-order valence-corrected chi connectivity index (χ0v) is 5.90. The van der Waals surface area contributed by atoms with E-state index >= 15 is 0 Å². The van der Waals surface area contributed by atoms with E-state index in [2.05, 4.69) is 10.3 Å². The van der Waals surface area contributed by atoms with Crippen LogP contribution in [0.3, 0.4) is 0 Å². The van der Waals surface area contributed by atoms with Crippen LogP contribution in [0, 0.1) is 0 Å². The van der Waals surface area contributed by atoms with Gasteiger partial charge in [0, 0.05) is 12.4 Å². The summed E-state index contributed by atoms with van der Waals surface area (Å²) < 4.78 is 0. The first-order valence-electron chi connectivity index (χ1n) is 3.21. The topological polar surface area (TPSA) is 42.0 Å². The average molecular weight is 148 g/mol. The molecular formula is C8H8N2O. The second-order valence-corrected chi connectivity index (χ2v) is 1.85. The third kappa shape index (κ3) is 2.62. The lowest BCUT2D eigenvalue weighted by Crippen LogP contribution is -1.89. The van der Waals surface area contributed by atoms with Crippen molar-refractivity contribution in [3.05, 3.63) is 36.7 Å². The van der Waals surface area contributed by atoms with Gasteiger partial charge in [-0.15, -0.1) is 0 Å². The van der Waals surface area contributed by atoms with Gasteiger partial charge in [-0.1, -0.05) is 6.07 Å². The Labute approximate surface area is 64.8 Å². The molecule has 3 heteroatoms. The second kappa shape index (κ2) is 4.22. The van der Waals surface area contributed by atoms with E-state index in [9.17, 15) is 4.79 Å². The molecule has 0 atom stereocenters. The van der Waals surface area contributed by atoms with E-state index in [1.165, 1.54) is 12.3 Å². The number of nitrogens with zero attached hydrogens (tertiary/aromatic N) is 1. The number of aromatic nitrogens is 1. The Balaban J connectivity index is 2.51. The molecule has 0 saturated heterocycles. The highest BCUT2D eigenvalue weighted by Crippen LogP contribution is 1.98. The summed E-state index contributed by atoms with van der Waals surface area (Å²) in [6, 6.07) is 5.51. The first kappa shape index (κ1) is 7.47. The maximum absolute atomic E-state index is 9.85. The fourth-order valence-electron chi connectivity index (χ4n) is 0.621. The quantitative estimate of drug-likeness (QED) is 0.517. The number of pyridine rings is 1. The first-order chi connectivity index (χ1) is 5.43. The summed E-state index contributed by atoms with van der Waals surface area (Å²) in [5.74, 6) is 0.727. The molecule has 1 aromatic rings. The zero-order chi connectivity index (χ0) is 7.94. The Kier molecular flexibility index (Phi) is 2.86. The Morgan fingerprint density at radius 3 is 3.00 bits per heavy atom. The third-order valence-electron chi connectivity index (χ3n) is 1.07. The van der Waals surface area contributed by atoms with Crippen LogP contribution in [0.4, 0.5) is 5.82 Å². The van der Waals surface area contributed by atoms with Crippen molar-refractivity contribution < 1.29 is 4.79 Å². The highest BCUT2D eigenvalue weighted by atomic mass is 16.1. The normalized spacial score (nSPS) is 9.82. The number of aldehydes is 1. The Hall–Kier alpha value is -1.64. The van der Waals surface area contributed by atoms with E-state index in [4.69, 9.17) is 0 Å². The molecule has 1 N–H and O–H groups in total. The fraction of sp³-hybridized carbons (Fsp3) is 0. The molecular weight excluding hydrogens is 140 g/mol. The third-order valence-corrected chi connectivity index (χ3v) is 1.07. The summed E-state index contributed by atoms with van der Waals surface area (Å²) in [6.45, 7) is 0. The van der Waals surface area contributed by atoms with Crippen molar-refractivity contribution in [3.63, 3.8) is 0 Å². The summed E-state index contributed by atoms with van der Waals surface area (Å²) in [5.41, 5.74) is 0. The monoisotopic (exact) mass is 148 g/mol. The van der Waals surface area contributed by atoms with Gasteiger partial charge < -0.3 is 5.32 Å². The number of hydrogen-bond acceptors (Lipinski definition) is 3. The summed E-state index contributed by atoms with van der Waals surface area (Å²) in [7, 11) is 0. The van der Waals surface area contributed by atoms with Gasteiger partial charge in [0.1, 0.15) is 12.1 Å². The molecule has 0 fully saturated rings. The maximum atomic E-state index is 9.85. The van der Waals surface area contributed by atoms with Crippen LogP contribution in [-0.4, -0.2) is 11.3 Å². The highest BCUT2D eigenvalue weighted by molar-refractivity contribution is 5.65. The first-order valence-corrected chi connectivity index (χ1v) is 3.21. The largest absolute Gasteiger partial charge is 0.347 e. The molecule has 0 amide bonds. The van der Waals surface area contributed by atoms with Crippen LogP contribution in [0.2, 0.25) is 0 Å². The fourth-order valence-corrected chi connectivity index (χ4v) is 0.621. The minimum Gasteiger partial charge on any atom is -0.347 e. The predicted molar refractivity (Wildman–Crippen MR) is 43.1 cm³/mol. The second-order valence-electron chi connectivity index (χ2n) is 1.85. The minimum atomic E-state index is 0.704. The Bertz CT molecular complexity index is 244. The van der Waals surface area contributed by atoms with Gasteiger partial charge >= 0.3 is 0 Å². The van der Waals surface area contributed by atoms with Crippen LogP contribution < -0.4 is 5.32 Å². The van der Waals surface area contributed by atoms with Crippen molar-refractivity contribution in [1.82, 2.24) is 4.98 Å². The zero-order valence-electron chi connectivity index (χ0n) is 5.90. The summed E-state index contributed by atoms with van der Waals surface area (Å²) in [6.07, 6.45) is 5.29. The van der Waals surface area contributed by atoms with Crippen molar-refractivity contribution in [2.75, 3.05) is 5.32 Å². The molecule has 0 aliphatic rings. The number of carbonyl (C=O) groups is 1. The Morgan fingerprint density at radius 1 is 1.45 bits per heavy atom. The van der Waals surface area contributed by atoms with E-state index in [-0.39, 0.29) is 0 Å².